The molecular weight excluding hydrogens is 599 g/mol. The number of thiazole rings is 1. The number of carbonyl (C=O) groups excluding carboxylic acids is 2. The first kappa shape index (κ1) is 30.2. The van der Waals surface area contributed by atoms with Crippen molar-refractivity contribution in [3.8, 4) is 5.75 Å². The zero-order chi connectivity index (χ0) is 29.1. The zero-order valence-electron chi connectivity index (χ0n) is 22.2. The number of urea groups is 1. The molecule has 2 aromatic carbocycles. The van der Waals surface area contributed by atoms with Crippen molar-refractivity contribution in [3.63, 3.8) is 0 Å². The van der Waals surface area contributed by atoms with Gasteiger partial charge in [-0.15, -0.1) is 0 Å². The van der Waals surface area contributed by atoms with Gasteiger partial charge in [0, 0.05) is 25.7 Å². The summed E-state index contributed by atoms with van der Waals surface area (Å²) >= 11 is 13.2. The molecular formula is C26H30Cl2N4O6S2. The number of hydrogen-bond donors (Lipinski definition) is 2. The van der Waals surface area contributed by atoms with Gasteiger partial charge in [-0.25, -0.2) is 14.6 Å². The van der Waals surface area contributed by atoms with Gasteiger partial charge in [-0.2, -0.15) is 8.42 Å². The number of benzene rings is 2. The molecule has 1 saturated heterocycles. The van der Waals surface area contributed by atoms with Crippen LogP contribution in [0.3, 0.4) is 0 Å². The van der Waals surface area contributed by atoms with Gasteiger partial charge in [-0.05, 0) is 70.2 Å². The van der Waals surface area contributed by atoms with Crippen LogP contribution in [0, 0.1) is 5.92 Å². The van der Waals surface area contributed by atoms with Crippen LogP contribution in [-0.4, -0.2) is 55.7 Å². The largest absolute Gasteiger partial charge is 0.444 e. The summed E-state index contributed by atoms with van der Waals surface area (Å²) in [6.07, 6.45) is 2.21. The molecule has 4 rings (SSSR count). The highest BCUT2D eigenvalue weighted by atomic mass is 35.5. The number of rotatable bonds is 7. The minimum atomic E-state index is -4.28. The molecule has 1 aliphatic rings. The van der Waals surface area contributed by atoms with Crippen molar-refractivity contribution in [2.24, 2.45) is 5.92 Å². The highest BCUT2D eigenvalue weighted by Crippen LogP contribution is 2.34. The van der Waals surface area contributed by atoms with Gasteiger partial charge in [0.1, 0.15) is 16.2 Å². The van der Waals surface area contributed by atoms with Crippen LogP contribution in [0.2, 0.25) is 10.0 Å². The second-order valence-corrected chi connectivity index (χ2v) is 13.6. The molecule has 10 nitrogen and oxygen atoms in total. The molecule has 14 heteroatoms. The van der Waals surface area contributed by atoms with Crippen LogP contribution >= 0.6 is 34.5 Å². The standard InChI is InChI=1S/C26H30Cl2N4O6S2/c1-26(2,3)37-25(34)32-13-10-16(11-14-32)9-12-29-23(33)31-24-30-20-8-7-17(15-21(20)39-24)38-40(35,36)22-18(27)5-4-6-19(22)28/h4-8,15-16H,9-14H2,1-3H3,(H2,29,30,31,33). The number of amides is 3. The van der Waals surface area contributed by atoms with Crippen molar-refractivity contribution < 1.29 is 26.9 Å². The number of halogens is 2. The molecule has 216 valence electrons. The Morgan fingerprint density at radius 1 is 1.12 bits per heavy atom. The van der Waals surface area contributed by atoms with E-state index in [1.807, 2.05) is 20.8 Å². The number of piperidine rings is 1. The molecule has 2 N–H and O–H groups in total. The zero-order valence-corrected chi connectivity index (χ0v) is 25.3. The molecule has 40 heavy (non-hydrogen) atoms. The third-order valence-corrected chi connectivity index (χ3v) is 9.20. The highest BCUT2D eigenvalue weighted by molar-refractivity contribution is 7.87. The van der Waals surface area contributed by atoms with Crippen LogP contribution in [-0.2, 0) is 14.9 Å². The number of nitrogens with zero attached hydrogens (tertiary/aromatic N) is 2. The summed E-state index contributed by atoms with van der Waals surface area (Å²) in [5.74, 6) is 0.456. The van der Waals surface area contributed by atoms with E-state index in [0.29, 0.717) is 40.9 Å². The first-order chi connectivity index (χ1) is 18.8. The van der Waals surface area contributed by atoms with E-state index < -0.39 is 21.8 Å². The van der Waals surface area contributed by atoms with E-state index in [0.717, 1.165) is 19.3 Å². The average Bonchev–Trinajstić information content (AvgIpc) is 3.24. The van der Waals surface area contributed by atoms with E-state index in [2.05, 4.69) is 15.6 Å². The highest BCUT2D eigenvalue weighted by Gasteiger charge is 2.27. The van der Waals surface area contributed by atoms with Gasteiger partial charge in [0.15, 0.2) is 5.13 Å². The summed E-state index contributed by atoms with van der Waals surface area (Å²) in [6.45, 7) is 7.30. The van der Waals surface area contributed by atoms with E-state index in [1.54, 1.807) is 11.0 Å². The maximum absolute atomic E-state index is 12.7. The number of likely N-dealkylation sites (tertiary alicyclic amines) is 1. The third-order valence-electron chi connectivity index (χ3n) is 6.06. The van der Waals surface area contributed by atoms with Crippen LogP contribution in [0.15, 0.2) is 41.3 Å². The predicted molar refractivity (Wildman–Crippen MR) is 156 cm³/mol. The predicted octanol–water partition coefficient (Wildman–Crippen LogP) is 6.53. The first-order valence-corrected chi connectivity index (χ1v) is 15.6. The average molecular weight is 630 g/mol. The number of anilines is 1. The van der Waals surface area contributed by atoms with Gasteiger partial charge >= 0.3 is 22.2 Å². The fourth-order valence-corrected chi connectivity index (χ4v) is 7.07. The Morgan fingerprint density at radius 3 is 2.45 bits per heavy atom. The number of aromatic nitrogens is 1. The third kappa shape index (κ3) is 7.90. The maximum Gasteiger partial charge on any atom is 0.410 e. The first-order valence-electron chi connectivity index (χ1n) is 12.6. The molecule has 0 unspecified atom stereocenters. The molecule has 1 aromatic heterocycles. The van der Waals surface area contributed by atoms with Crippen LogP contribution in [0.4, 0.5) is 14.7 Å². The van der Waals surface area contributed by atoms with Crippen LogP contribution in [0.25, 0.3) is 10.2 Å². The van der Waals surface area contributed by atoms with E-state index >= 15 is 0 Å². The van der Waals surface area contributed by atoms with Crippen molar-refractivity contribution in [2.75, 3.05) is 25.0 Å². The monoisotopic (exact) mass is 628 g/mol. The molecule has 1 fully saturated rings. The molecule has 1 aliphatic heterocycles. The van der Waals surface area contributed by atoms with Crippen molar-refractivity contribution in [1.29, 1.82) is 0 Å². The lowest BCUT2D eigenvalue weighted by molar-refractivity contribution is 0.0182. The fraction of sp³-hybridized carbons (Fsp3) is 0.423. The Kier molecular flexibility index (Phi) is 9.33. The van der Waals surface area contributed by atoms with Gasteiger partial charge in [-0.3, -0.25) is 5.32 Å². The van der Waals surface area contributed by atoms with Crippen LogP contribution in [0.1, 0.15) is 40.0 Å². The smallest absolute Gasteiger partial charge is 0.410 e. The quantitative estimate of drug-likeness (QED) is 0.285. The SMILES string of the molecule is CC(C)(C)OC(=O)N1CCC(CCNC(=O)Nc2nc3ccc(OS(=O)(=O)c4c(Cl)cccc4Cl)cc3s2)CC1. The summed E-state index contributed by atoms with van der Waals surface area (Å²) in [5, 5.41) is 5.82. The second-order valence-electron chi connectivity index (χ2n) is 10.3. The van der Waals surface area contributed by atoms with Crippen molar-refractivity contribution >= 4 is 72.1 Å². The number of ether oxygens (including phenoxy) is 1. The Labute approximate surface area is 247 Å². The van der Waals surface area contributed by atoms with E-state index in [4.69, 9.17) is 32.1 Å². The summed E-state index contributed by atoms with van der Waals surface area (Å²) in [4.78, 5) is 30.4. The van der Waals surface area contributed by atoms with Gasteiger partial charge in [-0.1, -0.05) is 40.6 Å². The molecule has 2 heterocycles. The van der Waals surface area contributed by atoms with Crippen LogP contribution in [0.5, 0.6) is 5.75 Å². The minimum Gasteiger partial charge on any atom is -0.444 e. The molecule has 3 aromatic rings. The van der Waals surface area contributed by atoms with Gasteiger partial charge in [0.25, 0.3) is 0 Å². The Morgan fingerprint density at radius 2 is 1.80 bits per heavy atom. The lowest BCUT2D eigenvalue weighted by Crippen LogP contribution is -2.42. The van der Waals surface area contributed by atoms with Crippen molar-refractivity contribution in [2.45, 2.75) is 50.5 Å². The molecule has 0 spiro atoms. The molecule has 0 saturated carbocycles. The maximum atomic E-state index is 12.7. The molecule has 0 radical (unpaired) electrons. The lowest BCUT2D eigenvalue weighted by Gasteiger charge is -2.33. The van der Waals surface area contributed by atoms with Gasteiger partial charge in [0.05, 0.1) is 20.3 Å². The molecule has 3 amide bonds. The Balaban J connectivity index is 1.26. The summed E-state index contributed by atoms with van der Waals surface area (Å²) in [5.41, 5.74) is 0.0505. The van der Waals surface area contributed by atoms with Gasteiger partial charge in [0.2, 0.25) is 0 Å². The Bertz CT molecular complexity index is 1480. The molecule has 0 atom stereocenters. The van der Waals surface area contributed by atoms with E-state index in [-0.39, 0.29) is 26.8 Å². The number of carbonyl (C=O) groups is 2. The number of hydrogen-bond acceptors (Lipinski definition) is 8. The van der Waals surface area contributed by atoms with Crippen LogP contribution < -0.4 is 14.8 Å². The van der Waals surface area contributed by atoms with Gasteiger partial charge < -0.3 is 19.1 Å². The second kappa shape index (κ2) is 12.4. The summed E-state index contributed by atoms with van der Waals surface area (Å²) in [6, 6.07) is 8.54. The normalized spacial score (nSPS) is 14.7. The topological polar surface area (TPSA) is 127 Å². The van der Waals surface area contributed by atoms with Crippen molar-refractivity contribution in [3.05, 3.63) is 46.4 Å². The Hall–Kier alpha value is -2.80. The number of fused-ring (bicyclic) bond motifs is 1. The summed E-state index contributed by atoms with van der Waals surface area (Å²) in [7, 11) is -4.28. The molecule has 0 aliphatic carbocycles. The van der Waals surface area contributed by atoms with E-state index in [9.17, 15) is 18.0 Å². The van der Waals surface area contributed by atoms with E-state index in [1.165, 1.54) is 41.7 Å². The fourth-order valence-electron chi connectivity index (χ4n) is 4.16. The minimum absolute atomic E-state index is 0.0462. The number of nitrogens with one attached hydrogen (secondary N) is 2. The lowest BCUT2D eigenvalue weighted by atomic mass is 9.94. The summed E-state index contributed by atoms with van der Waals surface area (Å²) < 4.78 is 36.8. The van der Waals surface area contributed by atoms with Crippen molar-refractivity contribution in [1.82, 2.24) is 15.2 Å². The molecule has 0 bridgehead atoms.